The van der Waals surface area contributed by atoms with Crippen LogP contribution in [0, 0.1) is 5.92 Å². The molecule has 1 rings (SSSR count). The summed E-state index contributed by atoms with van der Waals surface area (Å²) in [4.78, 5) is 0. The van der Waals surface area contributed by atoms with Gasteiger partial charge in [-0.1, -0.05) is 0 Å². The molecule has 1 aliphatic rings. The molecule has 72 valence electrons. The average molecular weight is 214 g/mol. The second-order valence-electron chi connectivity index (χ2n) is 3.05. The molecule has 1 saturated carbocycles. The van der Waals surface area contributed by atoms with Crippen LogP contribution in [-0.4, -0.2) is 32.2 Å². The summed E-state index contributed by atoms with van der Waals surface area (Å²) >= 11 is 0. The van der Waals surface area contributed by atoms with Crippen LogP contribution in [-0.2, 0) is 20.0 Å². The Labute approximate surface area is 71.4 Å². The summed E-state index contributed by atoms with van der Waals surface area (Å²) in [5.74, 6) is -0.0102. The van der Waals surface area contributed by atoms with Crippen LogP contribution in [0.2, 0.25) is 0 Å². The van der Waals surface area contributed by atoms with Crippen molar-refractivity contribution in [3.63, 3.8) is 0 Å². The molecule has 0 aromatic heterocycles. The van der Waals surface area contributed by atoms with Gasteiger partial charge < -0.3 is 0 Å². The zero-order chi connectivity index (χ0) is 9.41. The lowest BCUT2D eigenvalue weighted by molar-refractivity contribution is 0.487. The fraction of sp³-hybridized carbons (Fsp3) is 1.00. The van der Waals surface area contributed by atoms with E-state index in [1.807, 2.05) is 0 Å². The van der Waals surface area contributed by atoms with Gasteiger partial charge in [-0.3, -0.25) is 4.55 Å². The van der Waals surface area contributed by atoms with E-state index in [9.17, 15) is 16.8 Å². The van der Waals surface area contributed by atoms with Gasteiger partial charge in [0.05, 0.1) is 5.75 Å². The molecule has 7 heteroatoms. The van der Waals surface area contributed by atoms with E-state index < -0.39 is 25.0 Å². The first-order valence-corrected chi connectivity index (χ1v) is 6.87. The average Bonchev–Trinajstić information content (AvgIpc) is 2.39. The Morgan fingerprint density at radius 1 is 1.17 bits per heavy atom. The van der Waals surface area contributed by atoms with Crippen molar-refractivity contribution in [2.24, 2.45) is 5.92 Å². The van der Waals surface area contributed by atoms with Crippen molar-refractivity contribution in [2.75, 3.05) is 10.8 Å². The van der Waals surface area contributed by atoms with E-state index in [0.29, 0.717) is 0 Å². The predicted octanol–water partition coefficient (Wildman–Crippen LogP) is -0.343. The van der Waals surface area contributed by atoms with E-state index in [1.54, 1.807) is 0 Å². The standard InChI is InChI=1S/C5H10O5S2/c6-11(7,3-5-1-2-5)4-12(8,9)10/h5H,1-4H2,(H,8,9,10). The van der Waals surface area contributed by atoms with Crippen LogP contribution in [0.4, 0.5) is 0 Å². The number of hydrogen-bond acceptors (Lipinski definition) is 4. The molecular formula is C5H10O5S2. The second-order valence-corrected chi connectivity index (χ2v) is 6.98. The lowest BCUT2D eigenvalue weighted by Gasteiger charge is -1.98. The molecule has 0 radical (unpaired) electrons. The van der Waals surface area contributed by atoms with Gasteiger partial charge in [-0.2, -0.15) is 8.42 Å². The molecule has 5 nitrogen and oxygen atoms in total. The molecule has 0 bridgehead atoms. The smallest absolute Gasteiger partial charge is 0.279 e. The van der Waals surface area contributed by atoms with Crippen molar-refractivity contribution in [3.8, 4) is 0 Å². The molecule has 0 aromatic rings. The van der Waals surface area contributed by atoms with Gasteiger partial charge in [0.1, 0.15) is 0 Å². The molecule has 0 saturated heterocycles. The zero-order valence-electron chi connectivity index (χ0n) is 6.30. The SMILES string of the molecule is O=S(=O)(O)CS(=O)(=O)CC1CC1. The molecule has 1 aliphatic carbocycles. The van der Waals surface area contributed by atoms with Crippen LogP contribution in [0.3, 0.4) is 0 Å². The third-order valence-electron chi connectivity index (χ3n) is 1.52. The van der Waals surface area contributed by atoms with Crippen LogP contribution in [0.15, 0.2) is 0 Å². The molecule has 0 atom stereocenters. The minimum Gasteiger partial charge on any atom is -0.285 e. The van der Waals surface area contributed by atoms with Crippen LogP contribution in [0.1, 0.15) is 12.8 Å². The maximum absolute atomic E-state index is 11.0. The minimum absolute atomic E-state index is 0.108. The van der Waals surface area contributed by atoms with Crippen molar-refractivity contribution in [1.82, 2.24) is 0 Å². The molecule has 0 unspecified atom stereocenters. The largest absolute Gasteiger partial charge is 0.285 e. The summed E-state index contributed by atoms with van der Waals surface area (Å²) in [6.07, 6.45) is 1.68. The van der Waals surface area contributed by atoms with Crippen molar-refractivity contribution < 1.29 is 21.4 Å². The Hall–Kier alpha value is -0.140. The lowest BCUT2D eigenvalue weighted by Crippen LogP contribution is -2.19. The van der Waals surface area contributed by atoms with Crippen LogP contribution < -0.4 is 0 Å². The normalized spacial score (nSPS) is 19.4. The van der Waals surface area contributed by atoms with Gasteiger partial charge in [0, 0.05) is 0 Å². The van der Waals surface area contributed by atoms with Gasteiger partial charge in [-0.15, -0.1) is 0 Å². The van der Waals surface area contributed by atoms with E-state index >= 15 is 0 Å². The number of rotatable bonds is 4. The Balaban J connectivity index is 2.59. The van der Waals surface area contributed by atoms with Crippen molar-refractivity contribution in [2.45, 2.75) is 12.8 Å². The highest BCUT2D eigenvalue weighted by molar-refractivity contribution is 8.05. The van der Waals surface area contributed by atoms with Gasteiger partial charge in [0.15, 0.2) is 14.9 Å². The Morgan fingerprint density at radius 3 is 2.00 bits per heavy atom. The fourth-order valence-corrected chi connectivity index (χ4v) is 4.17. The predicted molar refractivity (Wildman–Crippen MR) is 42.9 cm³/mol. The van der Waals surface area contributed by atoms with Crippen LogP contribution in [0.25, 0.3) is 0 Å². The number of hydrogen-bond donors (Lipinski definition) is 1. The van der Waals surface area contributed by atoms with Crippen molar-refractivity contribution >= 4 is 20.0 Å². The highest BCUT2D eigenvalue weighted by atomic mass is 32.3. The monoisotopic (exact) mass is 214 g/mol. The van der Waals surface area contributed by atoms with Crippen LogP contribution >= 0.6 is 0 Å². The molecule has 0 spiro atoms. The molecule has 0 aromatic carbocycles. The molecule has 1 N–H and O–H groups in total. The number of sulfone groups is 1. The van der Waals surface area contributed by atoms with Gasteiger partial charge in [0.2, 0.25) is 0 Å². The summed E-state index contributed by atoms with van der Waals surface area (Å²) in [5.41, 5.74) is 0. The highest BCUT2D eigenvalue weighted by Crippen LogP contribution is 2.30. The fourth-order valence-electron chi connectivity index (χ4n) is 0.919. The molecule has 12 heavy (non-hydrogen) atoms. The van der Waals surface area contributed by atoms with E-state index in [-0.39, 0.29) is 11.7 Å². The first-order chi connectivity index (χ1) is 5.29. The Kier molecular flexibility index (Phi) is 2.46. The van der Waals surface area contributed by atoms with E-state index in [0.717, 1.165) is 12.8 Å². The van der Waals surface area contributed by atoms with E-state index in [2.05, 4.69) is 0 Å². The highest BCUT2D eigenvalue weighted by Gasteiger charge is 2.30. The van der Waals surface area contributed by atoms with Crippen molar-refractivity contribution in [3.05, 3.63) is 0 Å². The maximum Gasteiger partial charge on any atom is 0.279 e. The van der Waals surface area contributed by atoms with E-state index in [4.69, 9.17) is 4.55 Å². The summed E-state index contributed by atoms with van der Waals surface area (Å²) < 4.78 is 50.6. The summed E-state index contributed by atoms with van der Waals surface area (Å²) in [5, 5.41) is -1.14. The van der Waals surface area contributed by atoms with Gasteiger partial charge in [-0.05, 0) is 18.8 Å². The zero-order valence-corrected chi connectivity index (χ0v) is 7.94. The molecular weight excluding hydrogens is 204 g/mol. The van der Waals surface area contributed by atoms with Crippen molar-refractivity contribution in [1.29, 1.82) is 0 Å². The summed E-state index contributed by atoms with van der Waals surface area (Å²) in [6, 6.07) is 0. The van der Waals surface area contributed by atoms with Gasteiger partial charge >= 0.3 is 0 Å². The molecule has 0 heterocycles. The lowest BCUT2D eigenvalue weighted by atomic mass is 10.5. The van der Waals surface area contributed by atoms with Gasteiger partial charge in [0.25, 0.3) is 10.1 Å². The quantitative estimate of drug-likeness (QED) is 0.646. The minimum atomic E-state index is -4.39. The first kappa shape index (κ1) is 9.94. The summed E-state index contributed by atoms with van der Waals surface area (Å²) in [7, 11) is -8.00. The summed E-state index contributed by atoms with van der Waals surface area (Å²) in [6.45, 7) is 0. The third-order valence-corrected chi connectivity index (χ3v) is 5.12. The molecule has 0 amide bonds. The van der Waals surface area contributed by atoms with E-state index in [1.165, 1.54) is 0 Å². The second kappa shape index (κ2) is 2.97. The maximum atomic E-state index is 11.0. The topological polar surface area (TPSA) is 88.5 Å². The Morgan fingerprint density at radius 2 is 1.67 bits per heavy atom. The first-order valence-electron chi connectivity index (χ1n) is 3.44. The molecule has 1 fully saturated rings. The molecule has 0 aliphatic heterocycles. The third kappa shape index (κ3) is 4.03. The van der Waals surface area contributed by atoms with Crippen LogP contribution in [0.5, 0.6) is 0 Å². The van der Waals surface area contributed by atoms with Gasteiger partial charge in [-0.25, -0.2) is 8.42 Å². The Bertz CT molecular complexity index is 347.